The van der Waals surface area contributed by atoms with Gasteiger partial charge in [-0.2, -0.15) is 0 Å². The molecule has 3 nitrogen and oxygen atoms in total. The maximum absolute atomic E-state index is 12.2. The van der Waals surface area contributed by atoms with Crippen molar-refractivity contribution in [1.29, 1.82) is 0 Å². The topological polar surface area (TPSA) is 46.2 Å². The van der Waals surface area contributed by atoms with Crippen LogP contribution in [0.2, 0.25) is 0 Å². The van der Waals surface area contributed by atoms with Crippen molar-refractivity contribution >= 4 is 9.84 Å². The molecule has 1 fully saturated rings. The van der Waals surface area contributed by atoms with Crippen molar-refractivity contribution in [2.24, 2.45) is 5.92 Å². The van der Waals surface area contributed by atoms with Gasteiger partial charge in [0.2, 0.25) is 0 Å². The largest absolute Gasteiger partial charge is 0.316 e. The Balaban J connectivity index is 2.21. The van der Waals surface area contributed by atoms with Crippen molar-refractivity contribution in [3.63, 3.8) is 0 Å². The molecular weight excluding hydrogens is 222 g/mol. The number of rotatable bonds is 3. The summed E-state index contributed by atoms with van der Waals surface area (Å²) >= 11 is 0. The lowest BCUT2D eigenvalue weighted by Crippen LogP contribution is -2.19. The predicted molar refractivity (Wildman–Crippen MR) is 64.2 cm³/mol. The summed E-state index contributed by atoms with van der Waals surface area (Å²) in [5.74, 6) is 0.537. The summed E-state index contributed by atoms with van der Waals surface area (Å²) in [5.41, 5.74) is 0.841. The van der Waals surface area contributed by atoms with Crippen LogP contribution in [0.1, 0.15) is 12.0 Å². The van der Waals surface area contributed by atoms with Gasteiger partial charge in [0, 0.05) is 0 Å². The van der Waals surface area contributed by atoms with Crippen LogP contribution in [0, 0.1) is 12.8 Å². The number of aryl methyl sites for hydroxylation is 1. The highest BCUT2D eigenvalue weighted by atomic mass is 32.2. The minimum Gasteiger partial charge on any atom is -0.316 e. The fraction of sp³-hybridized carbons (Fsp3) is 0.500. The molecule has 1 unspecified atom stereocenters. The Labute approximate surface area is 96.8 Å². The van der Waals surface area contributed by atoms with Gasteiger partial charge in [0.25, 0.3) is 0 Å². The van der Waals surface area contributed by atoms with Crippen molar-refractivity contribution in [2.45, 2.75) is 18.2 Å². The fourth-order valence-corrected chi connectivity index (χ4v) is 4.09. The Morgan fingerprint density at radius 2 is 2.12 bits per heavy atom. The van der Waals surface area contributed by atoms with Crippen LogP contribution in [0.25, 0.3) is 0 Å². The molecule has 2 rings (SSSR count). The fourth-order valence-electron chi connectivity index (χ4n) is 2.16. The first-order valence-corrected chi connectivity index (χ1v) is 7.24. The Hall–Kier alpha value is -0.870. The van der Waals surface area contributed by atoms with E-state index in [4.69, 9.17) is 0 Å². The van der Waals surface area contributed by atoms with Crippen LogP contribution in [-0.2, 0) is 9.84 Å². The predicted octanol–water partition coefficient (Wildman–Crippen LogP) is 1.38. The van der Waals surface area contributed by atoms with Gasteiger partial charge in [-0.1, -0.05) is 18.2 Å². The third kappa shape index (κ3) is 2.44. The summed E-state index contributed by atoms with van der Waals surface area (Å²) in [6.45, 7) is 3.61. The van der Waals surface area contributed by atoms with E-state index in [9.17, 15) is 8.42 Å². The van der Waals surface area contributed by atoms with Gasteiger partial charge < -0.3 is 5.32 Å². The first kappa shape index (κ1) is 11.6. The average Bonchev–Trinajstić information content (AvgIpc) is 2.70. The molecular formula is C12H17NO2S. The van der Waals surface area contributed by atoms with Crippen molar-refractivity contribution in [3.8, 4) is 0 Å². The molecule has 1 aliphatic heterocycles. The average molecular weight is 239 g/mol. The third-order valence-electron chi connectivity index (χ3n) is 3.05. The highest BCUT2D eigenvalue weighted by molar-refractivity contribution is 7.91. The van der Waals surface area contributed by atoms with E-state index in [1.165, 1.54) is 0 Å². The molecule has 0 aliphatic carbocycles. The summed E-state index contributed by atoms with van der Waals surface area (Å²) < 4.78 is 24.4. The molecule has 0 spiro atoms. The second kappa shape index (κ2) is 4.55. The molecule has 0 amide bonds. The first-order chi connectivity index (χ1) is 7.59. The molecule has 88 valence electrons. The van der Waals surface area contributed by atoms with E-state index in [1.807, 2.05) is 19.1 Å². The van der Waals surface area contributed by atoms with E-state index in [0.29, 0.717) is 4.90 Å². The van der Waals surface area contributed by atoms with Crippen LogP contribution < -0.4 is 5.32 Å². The molecule has 1 aromatic carbocycles. The van der Waals surface area contributed by atoms with E-state index in [2.05, 4.69) is 5.32 Å². The zero-order valence-electron chi connectivity index (χ0n) is 9.44. The molecule has 1 N–H and O–H groups in total. The van der Waals surface area contributed by atoms with Crippen molar-refractivity contribution in [2.75, 3.05) is 18.8 Å². The third-order valence-corrected chi connectivity index (χ3v) is 5.08. The molecule has 4 heteroatoms. The molecule has 1 atom stereocenters. The van der Waals surface area contributed by atoms with E-state index in [-0.39, 0.29) is 11.7 Å². The van der Waals surface area contributed by atoms with Crippen molar-refractivity contribution in [3.05, 3.63) is 29.8 Å². The van der Waals surface area contributed by atoms with Crippen LogP contribution >= 0.6 is 0 Å². The monoisotopic (exact) mass is 239 g/mol. The van der Waals surface area contributed by atoms with Crippen LogP contribution in [-0.4, -0.2) is 27.3 Å². The van der Waals surface area contributed by atoms with Crippen LogP contribution in [0.3, 0.4) is 0 Å². The normalized spacial score (nSPS) is 21.2. The standard InChI is InChI=1S/C12H17NO2S/c1-10-4-2-3-5-12(10)16(14,15)9-11-6-7-13-8-11/h2-5,11,13H,6-9H2,1H3. The summed E-state index contributed by atoms with van der Waals surface area (Å²) in [5, 5.41) is 3.20. The molecule has 0 aromatic heterocycles. The van der Waals surface area contributed by atoms with Gasteiger partial charge in [-0.05, 0) is 44.0 Å². The summed E-state index contributed by atoms with van der Waals surface area (Å²) in [6, 6.07) is 7.20. The highest BCUT2D eigenvalue weighted by Crippen LogP contribution is 2.20. The van der Waals surface area contributed by atoms with Gasteiger partial charge in [-0.3, -0.25) is 0 Å². The second-order valence-corrected chi connectivity index (χ2v) is 6.41. The molecule has 0 radical (unpaired) electrons. The number of hydrogen-bond donors (Lipinski definition) is 1. The van der Waals surface area contributed by atoms with E-state index in [1.54, 1.807) is 12.1 Å². The van der Waals surface area contributed by atoms with E-state index < -0.39 is 9.84 Å². The van der Waals surface area contributed by atoms with E-state index >= 15 is 0 Å². The SMILES string of the molecule is Cc1ccccc1S(=O)(=O)CC1CCNC1. The smallest absolute Gasteiger partial charge is 0.178 e. The van der Waals surface area contributed by atoms with Crippen molar-refractivity contribution < 1.29 is 8.42 Å². The van der Waals surface area contributed by atoms with Crippen LogP contribution in [0.5, 0.6) is 0 Å². The molecule has 0 bridgehead atoms. The number of nitrogens with one attached hydrogen (secondary N) is 1. The van der Waals surface area contributed by atoms with Gasteiger partial charge in [0.05, 0.1) is 10.6 Å². The Morgan fingerprint density at radius 1 is 1.38 bits per heavy atom. The molecule has 1 saturated heterocycles. The van der Waals surface area contributed by atoms with Crippen LogP contribution in [0.4, 0.5) is 0 Å². The first-order valence-electron chi connectivity index (χ1n) is 5.59. The maximum atomic E-state index is 12.2. The second-order valence-electron chi connectivity index (χ2n) is 4.41. The molecule has 1 heterocycles. The number of hydrogen-bond acceptors (Lipinski definition) is 3. The molecule has 0 saturated carbocycles. The lowest BCUT2D eigenvalue weighted by Gasteiger charge is -2.11. The molecule has 1 aromatic rings. The lowest BCUT2D eigenvalue weighted by atomic mass is 10.2. The Morgan fingerprint density at radius 3 is 2.75 bits per heavy atom. The molecule has 1 aliphatic rings. The number of sulfone groups is 1. The number of benzene rings is 1. The summed E-state index contributed by atoms with van der Waals surface area (Å²) in [7, 11) is -3.11. The minimum atomic E-state index is -3.11. The highest BCUT2D eigenvalue weighted by Gasteiger charge is 2.24. The van der Waals surface area contributed by atoms with Gasteiger partial charge >= 0.3 is 0 Å². The quantitative estimate of drug-likeness (QED) is 0.866. The summed E-state index contributed by atoms with van der Waals surface area (Å²) in [6.07, 6.45) is 0.963. The Bertz CT molecular complexity index is 462. The molecule has 16 heavy (non-hydrogen) atoms. The summed E-state index contributed by atoms with van der Waals surface area (Å²) in [4.78, 5) is 0.488. The maximum Gasteiger partial charge on any atom is 0.178 e. The Kier molecular flexibility index (Phi) is 3.30. The zero-order valence-corrected chi connectivity index (χ0v) is 10.3. The minimum absolute atomic E-state index is 0.268. The lowest BCUT2D eigenvalue weighted by molar-refractivity contribution is 0.570. The van der Waals surface area contributed by atoms with Gasteiger partial charge in [0.15, 0.2) is 9.84 Å². The van der Waals surface area contributed by atoms with Gasteiger partial charge in [-0.15, -0.1) is 0 Å². The van der Waals surface area contributed by atoms with E-state index in [0.717, 1.165) is 25.1 Å². The van der Waals surface area contributed by atoms with Crippen molar-refractivity contribution in [1.82, 2.24) is 5.32 Å². The van der Waals surface area contributed by atoms with Gasteiger partial charge in [0.1, 0.15) is 0 Å². The zero-order chi connectivity index (χ0) is 11.6. The van der Waals surface area contributed by atoms with Crippen LogP contribution in [0.15, 0.2) is 29.2 Å². The van der Waals surface area contributed by atoms with Gasteiger partial charge in [-0.25, -0.2) is 8.42 Å².